The highest BCUT2D eigenvalue weighted by atomic mass is 16.2. The Morgan fingerprint density at radius 1 is 0.970 bits per heavy atom. The number of aromatic nitrogens is 1. The lowest BCUT2D eigenvalue weighted by atomic mass is 10.0. The van der Waals surface area contributed by atoms with Gasteiger partial charge in [-0.1, -0.05) is 102 Å². The number of allylic oxidation sites excluding steroid dienone is 7. The zero-order chi connectivity index (χ0) is 25.2. The van der Waals surface area contributed by atoms with Crippen molar-refractivity contribution in [2.45, 2.75) is 34.6 Å². The molecule has 1 aromatic carbocycles. The van der Waals surface area contributed by atoms with Crippen LogP contribution in [-0.2, 0) is 0 Å². The Morgan fingerprint density at radius 3 is 2.18 bits per heavy atom. The van der Waals surface area contributed by atoms with E-state index in [4.69, 9.17) is 0 Å². The summed E-state index contributed by atoms with van der Waals surface area (Å²) < 4.78 is 0. The molecule has 2 N–H and O–H groups in total. The van der Waals surface area contributed by atoms with Crippen molar-refractivity contribution in [3.8, 4) is 0 Å². The molecule has 0 saturated heterocycles. The van der Waals surface area contributed by atoms with Gasteiger partial charge in [0, 0.05) is 28.0 Å². The number of hydrogen-bond donors (Lipinski definition) is 2. The number of carbonyl (C=O) groups is 1. The first kappa shape index (κ1) is 29.1. The first-order chi connectivity index (χ1) is 16.1. The van der Waals surface area contributed by atoms with Gasteiger partial charge in [-0.2, -0.15) is 0 Å². The monoisotopic (exact) mass is 444 g/mol. The number of carbonyl (C=O) groups excluding carboxylic acids is 1. The Hall–Kier alpha value is -3.92. The fraction of sp³-hybridized carbons (Fsp3) is 0.172. The molecule has 0 aliphatic heterocycles. The minimum absolute atomic E-state index is 0.00621. The predicted molar refractivity (Wildman–Crippen MR) is 146 cm³/mol. The van der Waals surface area contributed by atoms with Crippen LogP contribution >= 0.6 is 0 Å². The molecular weight excluding hydrogens is 408 g/mol. The molecule has 2 aromatic rings. The van der Waals surface area contributed by atoms with E-state index in [1.807, 2.05) is 71.0 Å². The SMILES string of the molecule is C=C/C=c1/[nH]cc(C(=O)Nc2ccccc2/C(C=C)=C/C=C\C)c(=O)/c1=C/C=C.CC.CC. The van der Waals surface area contributed by atoms with E-state index in [0.29, 0.717) is 16.3 Å². The number of pyridine rings is 1. The molecule has 1 amide bonds. The average molecular weight is 445 g/mol. The third-order valence-electron chi connectivity index (χ3n) is 4.14. The summed E-state index contributed by atoms with van der Waals surface area (Å²) >= 11 is 0. The van der Waals surface area contributed by atoms with Crippen LogP contribution in [0.1, 0.15) is 50.5 Å². The molecule has 0 spiro atoms. The maximum absolute atomic E-state index is 12.9. The highest BCUT2D eigenvalue weighted by Gasteiger charge is 2.14. The van der Waals surface area contributed by atoms with E-state index in [1.165, 1.54) is 12.3 Å². The molecule has 0 bridgehead atoms. The second-order valence-corrected chi connectivity index (χ2v) is 6.02. The Morgan fingerprint density at radius 2 is 1.61 bits per heavy atom. The fourth-order valence-electron chi connectivity index (χ4n) is 2.77. The van der Waals surface area contributed by atoms with Gasteiger partial charge in [-0.15, -0.1) is 0 Å². The molecule has 0 radical (unpaired) electrons. The Balaban J connectivity index is 0.00000242. The number of para-hydroxylation sites is 1. The zero-order valence-corrected chi connectivity index (χ0v) is 20.4. The van der Waals surface area contributed by atoms with Crippen LogP contribution in [0.5, 0.6) is 0 Å². The molecule has 0 unspecified atom stereocenters. The van der Waals surface area contributed by atoms with Crippen molar-refractivity contribution < 1.29 is 4.79 Å². The minimum Gasteiger partial charge on any atom is -0.360 e. The van der Waals surface area contributed by atoms with E-state index in [1.54, 1.807) is 30.4 Å². The van der Waals surface area contributed by atoms with Crippen molar-refractivity contribution in [3.05, 3.63) is 119 Å². The van der Waals surface area contributed by atoms with Gasteiger partial charge in [-0.25, -0.2) is 0 Å². The van der Waals surface area contributed by atoms with Gasteiger partial charge in [-0.05, 0) is 30.7 Å². The van der Waals surface area contributed by atoms with Crippen LogP contribution in [0.2, 0.25) is 0 Å². The Kier molecular flexibility index (Phi) is 14.7. The number of H-pyrrole nitrogens is 1. The van der Waals surface area contributed by atoms with E-state index >= 15 is 0 Å². The third-order valence-corrected chi connectivity index (χ3v) is 4.14. The molecule has 174 valence electrons. The lowest BCUT2D eigenvalue weighted by molar-refractivity contribution is 0.102. The second kappa shape index (κ2) is 16.7. The van der Waals surface area contributed by atoms with Gasteiger partial charge in [0.2, 0.25) is 5.43 Å². The third kappa shape index (κ3) is 8.26. The van der Waals surface area contributed by atoms with Crippen molar-refractivity contribution in [1.82, 2.24) is 4.98 Å². The lowest BCUT2D eigenvalue weighted by Crippen LogP contribution is -2.44. The van der Waals surface area contributed by atoms with E-state index in [2.05, 4.69) is 30.0 Å². The van der Waals surface area contributed by atoms with Crippen LogP contribution in [-0.4, -0.2) is 10.9 Å². The van der Waals surface area contributed by atoms with Gasteiger partial charge >= 0.3 is 0 Å². The van der Waals surface area contributed by atoms with Crippen LogP contribution in [0.15, 0.2) is 91.4 Å². The summed E-state index contributed by atoms with van der Waals surface area (Å²) in [5.41, 5.74) is 1.86. The number of aromatic amines is 1. The molecular formula is C29H36N2O2. The molecule has 0 fully saturated rings. The lowest BCUT2D eigenvalue weighted by Gasteiger charge is -2.11. The van der Waals surface area contributed by atoms with Crippen LogP contribution in [0.4, 0.5) is 5.69 Å². The van der Waals surface area contributed by atoms with Gasteiger partial charge in [0.1, 0.15) is 5.56 Å². The van der Waals surface area contributed by atoms with Crippen LogP contribution in [0.25, 0.3) is 17.7 Å². The maximum atomic E-state index is 12.9. The molecule has 4 heteroatoms. The summed E-state index contributed by atoms with van der Waals surface area (Å²) in [4.78, 5) is 28.7. The van der Waals surface area contributed by atoms with Gasteiger partial charge < -0.3 is 10.3 Å². The fourth-order valence-corrected chi connectivity index (χ4v) is 2.77. The number of hydrogen-bond acceptors (Lipinski definition) is 2. The molecule has 0 saturated carbocycles. The summed E-state index contributed by atoms with van der Waals surface area (Å²) in [6.07, 6.45) is 15.1. The van der Waals surface area contributed by atoms with Gasteiger partial charge in [0.15, 0.2) is 0 Å². The Labute approximate surface area is 197 Å². The number of amides is 1. The summed E-state index contributed by atoms with van der Waals surface area (Å²) in [6, 6.07) is 7.36. The normalized spacial score (nSPS) is 11.6. The number of rotatable bonds is 7. The highest BCUT2D eigenvalue weighted by molar-refractivity contribution is 6.05. The van der Waals surface area contributed by atoms with E-state index in [-0.39, 0.29) is 11.0 Å². The molecule has 0 aliphatic carbocycles. The summed E-state index contributed by atoms with van der Waals surface area (Å²) in [7, 11) is 0. The summed E-state index contributed by atoms with van der Waals surface area (Å²) in [5, 5.41) is 3.75. The van der Waals surface area contributed by atoms with E-state index in [0.717, 1.165) is 11.1 Å². The zero-order valence-electron chi connectivity index (χ0n) is 20.4. The molecule has 0 atom stereocenters. The van der Waals surface area contributed by atoms with Gasteiger partial charge in [0.25, 0.3) is 5.91 Å². The summed E-state index contributed by atoms with van der Waals surface area (Å²) in [6.45, 7) is 21.0. The first-order valence-electron chi connectivity index (χ1n) is 11.1. The molecule has 0 aliphatic rings. The van der Waals surface area contributed by atoms with E-state index < -0.39 is 5.91 Å². The Bertz CT molecular complexity index is 1180. The van der Waals surface area contributed by atoms with E-state index in [9.17, 15) is 9.59 Å². The first-order valence-corrected chi connectivity index (χ1v) is 11.1. The predicted octanol–water partition coefficient (Wildman–Crippen LogP) is 5.76. The van der Waals surface area contributed by atoms with Crippen LogP contribution < -0.4 is 21.3 Å². The smallest absolute Gasteiger partial charge is 0.261 e. The standard InChI is InChI=1S/C25H24N2O2.2C2H6/c1-5-9-14-18(8-4)19-15-10-11-16-23(19)27-25(29)21-17-26-22(13-7-3)20(12-6-2)24(21)28;2*1-2/h5-17,26H,2-4H2,1H3,(H,27,29);2*1-2H3/b9-5-,18-14+,20-12+,22-13+;;. The number of anilines is 1. The number of benzene rings is 1. The van der Waals surface area contributed by atoms with Crippen molar-refractivity contribution in [2.24, 2.45) is 0 Å². The van der Waals surface area contributed by atoms with Crippen molar-refractivity contribution in [1.29, 1.82) is 0 Å². The second-order valence-electron chi connectivity index (χ2n) is 6.02. The summed E-state index contributed by atoms with van der Waals surface area (Å²) in [5.74, 6) is -0.503. The molecule has 33 heavy (non-hydrogen) atoms. The van der Waals surface area contributed by atoms with Crippen LogP contribution in [0.3, 0.4) is 0 Å². The molecule has 4 nitrogen and oxygen atoms in total. The quantitative estimate of drug-likeness (QED) is 0.534. The van der Waals surface area contributed by atoms with Crippen molar-refractivity contribution in [2.75, 3.05) is 5.32 Å². The largest absolute Gasteiger partial charge is 0.360 e. The van der Waals surface area contributed by atoms with Crippen LogP contribution in [0, 0.1) is 0 Å². The molecule has 1 heterocycles. The molecule has 2 rings (SSSR count). The minimum atomic E-state index is -0.503. The molecule has 1 aromatic heterocycles. The average Bonchev–Trinajstić information content (AvgIpc) is 2.85. The highest BCUT2D eigenvalue weighted by Crippen LogP contribution is 2.25. The van der Waals surface area contributed by atoms with Crippen molar-refractivity contribution in [3.63, 3.8) is 0 Å². The topological polar surface area (TPSA) is 62.0 Å². The van der Waals surface area contributed by atoms with Crippen molar-refractivity contribution >= 4 is 29.3 Å². The van der Waals surface area contributed by atoms with Gasteiger partial charge in [0.05, 0.1) is 0 Å². The number of nitrogens with one attached hydrogen (secondary N) is 2. The maximum Gasteiger partial charge on any atom is 0.261 e. The van der Waals surface area contributed by atoms with Gasteiger partial charge in [-0.3, -0.25) is 9.59 Å².